The molecule has 0 saturated heterocycles. The lowest BCUT2D eigenvalue weighted by Gasteiger charge is -2.27. The van der Waals surface area contributed by atoms with Gasteiger partial charge >= 0.3 is 0 Å². The van der Waals surface area contributed by atoms with Crippen molar-refractivity contribution in [2.45, 2.75) is 398 Å². The topological polar surface area (TPSA) is 110 Å². The van der Waals surface area contributed by atoms with Crippen molar-refractivity contribution < 1.29 is 25.2 Å². The van der Waals surface area contributed by atoms with Gasteiger partial charge in [0.1, 0.15) is 12.2 Å². The minimum absolute atomic E-state index is 0.369. The number of allylic oxidation sites excluding steroid dienone is 2. The van der Waals surface area contributed by atoms with Crippen LogP contribution in [0.25, 0.3) is 0 Å². The number of aliphatic hydroxyl groups is 4. The lowest BCUT2D eigenvalue weighted by Crippen LogP contribution is -2.53. The van der Waals surface area contributed by atoms with Gasteiger partial charge in [0.05, 0.1) is 18.8 Å². The molecule has 6 heteroatoms. The third kappa shape index (κ3) is 53.9. The van der Waals surface area contributed by atoms with Gasteiger partial charge in [0, 0.05) is 0 Å². The Bertz CT molecular complexity index is 1050. The van der Waals surface area contributed by atoms with Gasteiger partial charge < -0.3 is 25.7 Å². The normalized spacial score (nSPS) is 13.6. The molecule has 0 aliphatic heterocycles. The molecule has 0 spiro atoms. The summed E-state index contributed by atoms with van der Waals surface area (Å²) in [5.41, 5.74) is 0. The monoisotopic (exact) mass is 1020 g/mol. The van der Waals surface area contributed by atoms with Gasteiger partial charge in [0.2, 0.25) is 5.91 Å². The van der Waals surface area contributed by atoms with Crippen molar-refractivity contribution in [1.82, 2.24) is 5.32 Å². The molecule has 0 saturated carbocycles. The molecule has 4 atom stereocenters. The number of hydrogen-bond donors (Lipinski definition) is 5. The summed E-state index contributed by atoms with van der Waals surface area (Å²) in [6, 6.07) is -1.000. The van der Waals surface area contributed by atoms with Crippen LogP contribution in [0.2, 0.25) is 0 Å². The van der Waals surface area contributed by atoms with Crippen LogP contribution in [-0.4, -0.2) is 57.3 Å². The Balaban J connectivity index is 3.55. The van der Waals surface area contributed by atoms with E-state index in [1.807, 2.05) is 0 Å². The zero-order valence-electron chi connectivity index (χ0n) is 49.0. The second-order valence-corrected chi connectivity index (χ2v) is 23.2. The number of nitrogens with one attached hydrogen (secondary N) is 1. The highest BCUT2D eigenvalue weighted by molar-refractivity contribution is 5.80. The predicted octanol–water partition coefficient (Wildman–Crippen LogP) is 20.0. The molecule has 0 rings (SSSR count). The summed E-state index contributed by atoms with van der Waals surface area (Å²) in [6.07, 6.45) is 74.7. The third-order valence-corrected chi connectivity index (χ3v) is 16.0. The van der Waals surface area contributed by atoms with E-state index in [4.69, 9.17) is 0 Å². The van der Waals surface area contributed by atoms with E-state index in [2.05, 4.69) is 31.3 Å². The molecule has 6 nitrogen and oxygen atoms in total. The standard InChI is InChI=1S/C66H131NO5/c1-3-5-7-9-11-13-15-17-19-21-23-25-27-29-30-31-32-33-34-36-38-40-42-44-46-48-50-52-54-56-58-60-64(70)66(72)67-62(61-68)65(71)63(69)59-57-55-53-51-49-47-45-43-41-39-37-35-28-26-24-22-20-18-16-14-12-10-8-6-4-2/h51,53,62-65,68-71H,3-50,52,54-61H2,1-2H3,(H,67,72)/b53-51+. The molecule has 0 aliphatic rings. The number of amides is 1. The highest BCUT2D eigenvalue weighted by Crippen LogP contribution is 2.19. The minimum atomic E-state index is -1.28. The Morgan fingerprint density at radius 2 is 0.569 bits per heavy atom. The van der Waals surface area contributed by atoms with E-state index in [1.165, 1.54) is 308 Å². The summed E-state index contributed by atoms with van der Waals surface area (Å²) in [6.45, 7) is 4.10. The van der Waals surface area contributed by atoms with E-state index >= 15 is 0 Å². The maximum atomic E-state index is 12.6. The minimum Gasteiger partial charge on any atom is -0.394 e. The molecule has 430 valence electrons. The van der Waals surface area contributed by atoms with E-state index in [0.717, 1.165) is 38.5 Å². The lowest BCUT2D eigenvalue weighted by atomic mass is 10.00. The van der Waals surface area contributed by atoms with Gasteiger partial charge in [0.25, 0.3) is 0 Å². The molecule has 0 radical (unpaired) electrons. The molecule has 0 bridgehead atoms. The van der Waals surface area contributed by atoms with Crippen LogP contribution in [0.5, 0.6) is 0 Å². The molecular formula is C66H131NO5. The summed E-state index contributed by atoms with van der Waals surface area (Å²) in [7, 11) is 0. The summed E-state index contributed by atoms with van der Waals surface area (Å²) in [4.78, 5) is 12.6. The maximum Gasteiger partial charge on any atom is 0.249 e. The average Bonchev–Trinajstić information content (AvgIpc) is 3.39. The molecular weight excluding hydrogens is 887 g/mol. The second kappa shape index (κ2) is 60.9. The Hall–Kier alpha value is -0.950. The third-order valence-electron chi connectivity index (χ3n) is 16.0. The summed E-state index contributed by atoms with van der Waals surface area (Å²) < 4.78 is 0. The van der Waals surface area contributed by atoms with Crippen LogP contribution in [0.1, 0.15) is 373 Å². The summed E-state index contributed by atoms with van der Waals surface area (Å²) in [5, 5.41) is 44.1. The molecule has 1 amide bonds. The van der Waals surface area contributed by atoms with Crippen LogP contribution in [0.3, 0.4) is 0 Å². The van der Waals surface area contributed by atoms with Crippen molar-refractivity contribution in [3.63, 3.8) is 0 Å². The fraction of sp³-hybridized carbons (Fsp3) is 0.955. The molecule has 0 heterocycles. The molecule has 0 aromatic heterocycles. The van der Waals surface area contributed by atoms with E-state index in [1.54, 1.807) is 0 Å². The Labute approximate surface area is 451 Å². The summed E-state index contributed by atoms with van der Waals surface area (Å²) in [5.74, 6) is -0.584. The fourth-order valence-electron chi connectivity index (χ4n) is 10.8. The SMILES string of the molecule is CCCCCCCCCCCCCCCCCCCCCC/C=C/CCCC(O)C(O)C(CO)NC(=O)C(O)CCCCCCCCCCCCCCCCCCCCCCCCCCCCCCCCC. The molecule has 0 aromatic carbocycles. The maximum absolute atomic E-state index is 12.6. The lowest BCUT2D eigenvalue weighted by molar-refractivity contribution is -0.132. The van der Waals surface area contributed by atoms with Crippen molar-refractivity contribution >= 4 is 5.91 Å². The van der Waals surface area contributed by atoms with E-state index in [9.17, 15) is 25.2 Å². The van der Waals surface area contributed by atoms with Gasteiger partial charge in [-0.05, 0) is 38.5 Å². The number of carbonyl (C=O) groups excluding carboxylic acids is 1. The first-order valence-electron chi connectivity index (χ1n) is 33.1. The van der Waals surface area contributed by atoms with Crippen LogP contribution in [0.4, 0.5) is 0 Å². The largest absolute Gasteiger partial charge is 0.394 e. The van der Waals surface area contributed by atoms with Crippen LogP contribution < -0.4 is 5.32 Å². The number of unbranched alkanes of at least 4 members (excludes halogenated alkanes) is 51. The first-order valence-corrected chi connectivity index (χ1v) is 33.1. The highest BCUT2D eigenvalue weighted by atomic mass is 16.3. The van der Waals surface area contributed by atoms with Gasteiger partial charge in [0.15, 0.2) is 0 Å². The molecule has 72 heavy (non-hydrogen) atoms. The van der Waals surface area contributed by atoms with Gasteiger partial charge in [-0.1, -0.05) is 347 Å². The first kappa shape index (κ1) is 71.0. The van der Waals surface area contributed by atoms with Crippen molar-refractivity contribution in [2.24, 2.45) is 0 Å². The molecule has 0 aromatic rings. The quantitative estimate of drug-likeness (QED) is 0.0308. The van der Waals surface area contributed by atoms with Gasteiger partial charge in [-0.3, -0.25) is 4.79 Å². The van der Waals surface area contributed by atoms with E-state index in [-0.39, 0.29) is 0 Å². The van der Waals surface area contributed by atoms with Crippen LogP contribution in [0, 0.1) is 0 Å². The Kier molecular flexibility index (Phi) is 60.1. The molecule has 5 N–H and O–H groups in total. The van der Waals surface area contributed by atoms with Gasteiger partial charge in [-0.2, -0.15) is 0 Å². The fourth-order valence-corrected chi connectivity index (χ4v) is 10.8. The second-order valence-electron chi connectivity index (χ2n) is 23.2. The van der Waals surface area contributed by atoms with Crippen molar-refractivity contribution in [3.05, 3.63) is 12.2 Å². The molecule has 0 aliphatic carbocycles. The van der Waals surface area contributed by atoms with Crippen LogP contribution in [0.15, 0.2) is 12.2 Å². The first-order chi connectivity index (χ1) is 35.5. The van der Waals surface area contributed by atoms with Crippen LogP contribution in [-0.2, 0) is 4.79 Å². The smallest absolute Gasteiger partial charge is 0.249 e. The zero-order chi connectivity index (χ0) is 52.3. The summed E-state index contributed by atoms with van der Waals surface area (Å²) >= 11 is 0. The van der Waals surface area contributed by atoms with Crippen molar-refractivity contribution in [3.8, 4) is 0 Å². The number of rotatable bonds is 62. The number of hydrogen-bond acceptors (Lipinski definition) is 5. The van der Waals surface area contributed by atoms with Crippen LogP contribution >= 0.6 is 0 Å². The van der Waals surface area contributed by atoms with E-state index in [0.29, 0.717) is 12.8 Å². The molecule has 4 unspecified atom stereocenters. The number of carbonyl (C=O) groups is 1. The number of aliphatic hydroxyl groups excluding tert-OH is 4. The Morgan fingerprint density at radius 1 is 0.333 bits per heavy atom. The molecule has 0 fully saturated rings. The van der Waals surface area contributed by atoms with Gasteiger partial charge in [-0.15, -0.1) is 0 Å². The zero-order valence-corrected chi connectivity index (χ0v) is 49.0. The van der Waals surface area contributed by atoms with E-state index < -0.39 is 36.9 Å². The van der Waals surface area contributed by atoms with Gasteiger partial charge in [-0.25, -0.2) is 0 Å². The van der Waals surface area contributed by atoms with Crippen molar-refractivity contribution in [1.29, 1.82) is 0 Å². The van der Waals surface area contributed by atoms with Crippen molar-refractivity contribution in [2.75, 3.05) is 6.61 Å². The highest BCUT2D eigenvalue weighted by Gasteiger charge is 2.28. The predicted molar refractivity (Wildman–Crippen MR) is 316 cm³/mol. The average molecular weight is 1020 g/mol. The Morgan fingerprint density at radius 3 is 0.833 bits per heavy atom.